The average molecular weight is 350 g/mol. The molecular formula is C11H12BrNO3S2. The van der Waals surface area contributed by atoms with Crippen molar-refractivity contribution in [2.24, 2.45) is 0 Å². The highest BCUT2D eigenvalue weighted by Gasteiger charge is 2.25. The van der Waals surface area contributed by atoms with Gasteiger partial charge in [-0.25, -0.2) is 8.42 Å². The number of halogens is 1. The molecule has 2 heterocycles. The van der Waals surface area contributed by atoms with Gasteiger partial charge in [0.15, 0.2) is 0 Å². The molecule has 0 aliphatic rings. The molecule has 2 aromatic heterocycles. The fraction of sp³-hybridized carbons (Fsp3) is 0.273. The molecule has 4 nitrogen and oxygen atoms in total. The third kappa shape index (κ3) is 2.69. The number of nitrogens with zero attached hydrogens (tertiary/aromatic N) is 1. The van der Waals surface area contributed by atoms with Gasteiger partial charge in [0.2, 0.25) is 10.0 Å². The summed E-state index contributed by atoms with van der Waals surface area (Å²) < 4.78 is 32.0. The fourth-order valence-electron chi connectivity index (χ4n) is 1.56. The third-order valence-electron chi connectivity index (χ3n) is 2.49. The zero-order valence-corrected chi connectivity index (χ0v) is 13.1. The standard InChI is InChI=1S/C11H12BrNO3S2/c1-8-10(6-11(12)17-8)18(14,15)13(2)7-9-4-3-5-16-9/h3-6H,7H2,1-2H3. The summed E-state index contributed by atoms with van der Waals surface area (Å²) in [7, 11) is -1.93. The molecule has 0 saturated heterocycles. The normalized spacial score (nSPS) is 12.2. The van der Waals surface area contributed by atoms with E-state index in [9.17, 15) is 8.42 Å². The number of hydrogen-bond donors (Lipinski definition) is 0. The van der Waals surface area contributed by atoms with Gasteiger partial charge in [0.25, 0.3) is 0 Å². The van der Waals surface area contributed by atoms with Gasteiger partial charge in [0.1, 0.15) is 5.76 Å². The highest BCUT2D eigenvalue weighted by Crippen LogP contribution is 2.31. The van der Waals surface area contributed by atoms with Crippen LogP contribution in [0, 0.1) is 6.92 Å². The maximum Gasteiger partial charge on any atom is 0.244 e. The van der Waals surface area contributed by atoms with E-state index in [2.05, 4.69) is 15.9 Å². The van der Waals surface area contributed by atoms with Crippen LogP contribution in [-0.4, -0.2) is 19.8 Å². The maximum atomic E-state index is 12.4. The molecular weight excluding hydrogens is 338 g/mol. The number of hydrogen-bond acceptors (Lipinski definition) is 4. The Kier molecular flexibility index (Phi) is 3.96. The van der Waals surface area contributed by atoms with Gasteiger partial charge in [-0.3, -0.25) is 0 Å². The lowest BCUT2D eigenvalue weighted by atomic mass is 10.4. The van der Waals surface area contributed by atoms with Crippen molar-refractivity contribution in [3.8, 4) is 0 Å². The highest BCUT2D eigenvalue weighted by atomic mass is 79.9. The van der Waals surface area contributed by atoms with E-state index in [1.54, 1.807) is 32.2 Å². The fourth-order valence-corrected chi connectivity index (χ4v) is 5.08. The first-order valence-electron chi connectivity index (χ1n) is 5.16. The molecule has 0 radical (unpaired) electrons. The van der Waals surface area contributed by atoms with Crippen LogP contribution in [-0.2, 0) is 16.6 Å². The van der Waals surface area contributed by atoms with Crippen LogP contribution < -0.4 is 0 Å². The Morgan fingerprint density at radius 1 is 1.50 bits per heavy atom. The second-order valence-electron chi connectivity index (χ2n) is 3.81. The van der Waals surface area contributed by atoms with Gasteiger partial charge in [0, 0.05) is 11.9 Å². The second kappa shape index (κ2) is 5.16. The lowest BCUT2D eigenvalue weighted by Crippen LogP contribution is -2.26. The molecule has 0 atom stereocenters. The van der Waals surface area contributed by atoms with Crippen molar-refractivity contribution in [3.63, 3.8) is 0 Å². The SMILES string of the molecule is Cc1sc(Br)cc1S(=O)(=O)N(C)Cc1ccco1. The summed E-state index contributed by atoms with van der Waals surface area (Å²) in [4.78, 5) is 1.11. The largest absolute Gasteiger partial charge is 0.468 e. The summed E-state index contributed by atoms with van der Waals surface area (Å²) in [5, 5.41) is 0. The Bertz CT molecular complexity index is 631. The maximum absolute atomic E-state index is 12.4. The van der Waals surface area contributed by atoms with Crippen molar-refractivity contribution in [1.29, 1.82) is 0 Å². The summed E-state index contributed by atoms with van der Waals surface area (Å²) in [6.07, 6.45) is 1.53. The molecule has 0 bridgehead atoms. The van der Waals surface area contributed by atoms with Gasteiger partial charge in [-0.05, 0) is 41.1 Å². The van der Waals surface area contributed by atoms with Crippen molar-refractivity contribution in [1.82, 2.24) is 4.31 Å². The van der Waals surface area contributed by atoms with Gasteiger partial charge in [-0.15, -0.1) is 11.3 Å². The molecule has 0 aromatic carbocycles. The predicted molar refractivity (Wildman–Crippen MR) is 74.1 cm³/mol. The molecule has 0 spiro atoms. The molecule has 98 valence electrons. The first-order chi connectivity index (χ1) is 8.41. The van der Waals surface area contributed by atoms with Gasteiger partial charge in [-0.2, -0.15) is 4.31 Å². The zero-order chi connectivity index (χ0) is 13.3. The van der Waals surface area contributed by atoms with Gasteiger partial charge in [-0.1, -0.05) is 0 Å². The van der Waals surface area contributed by atoms with Gasteiger partial charge < -0.3 is 4.42 Å². The number of thiophene rings is 1. The van der Waals surface area contributed by atoms with Crippen molar-refractivity contribution in [3.05, 3.63) is 38.9 Å². The highest BCUT2D eigenvalue weighted by molar-refractivity contribution is 9.11. The molecule has 18 heavy (non-hydrogen) atoms. The smallest absolute Gasteiger partial charge is 0.244 e. The minimum Gasteiger partial charge on any atom is -0.468 e. The van der Waals surface area contributed by atoms with E-state index in [1.807, 2.05) is 0 Å². The molecule has 0 N–H and O–H groups in total. The number of aryl methyl sites for hydroxylation is 1. The van der Waals surface area contributed by atoms with Crippen LogP contribution in [0.25, 0.3) is 0 Å². The molecule has 2 rings (SSSR count). The van der Waals surface area contributed by atoms with Gasteiger partial charge in [0.05, 0.1) is 21.5 Å². The zero-order valence-electron chi connectivity index (χ0n) is 9.88. The van der Waals surface area contributed by atoms with Crippen molar-refractivity contribution >= 4 is 37.3 Å². The molecule has 0 aliphatic heterocycles. The lowest BCUT2D eigenvalue weighted by Gasteiger charge is -2.15. The number of furan rings is 1. The van der Waals surface area contributed by atoms with Crippen LogP contribution in [0.2, 0.25) is 0 Å². The minimum atomic E-state index is -3.47. The molecule has 0 fully saturated rings. The summed E-state index contributed by atoms with van der Waals surface area (Å²) in [5.74, 6) is 0.619. The molecule has 0 aliphatic carbocycles. The minimum absolute atomic E-state index is 0.224. The first kappa shape index (κ1) is 13.8. The summed E-state index contributed by atoms with van der Waals surface area (Å²) in [6, 6.07) is 5.12. The predicted octanol–water partition coefficient (Wildman–Crippen LogP) is 3.23. The van der Waals surface area contributed by atoms with Crippen LogP contribution >= 0.6 is 27.3 Å². The van der Waals surface area contributed by atoms with E-state index >= 15 is 0 Å². The summed E-state index contributed by atoms with van der Waals surface area (Å²) >= 11 is 4.71. The van der Waals surface area contributed by atoms with Crippen LogP contribution in [0.1, 0.15) is 10.6 Å². The van der Waals surface area contributed by atoms with Crippen molar-refractivity contribution < 1.29 is 12.8 Å². The number of sulfonamides is 1. The summed E-state index contributed by atoms with van der Waals surface area (Å²) in [5.41, 5.74) is 0. The van der Waals surface area contributed by atoms with E-state index in [4.69, 9.17) is 4.42 Å². The van der Waals surface area contributed by atoms with E-state index in [0.717, 1.165) is 8.66 Å². The van der Waals surface area contributed by atoms with Crippen LogP contribution in [0.5, 0.6) is 0 Å². The van der Waals surface area contributed by atoms with Crippen molar-refractivity contribution in [2.75, 3.05) is 7.05 Å². The topological polar surface area (TPSA) is 50.5 Å². The second-order valence-corrected chi connectivity index (χ2v) is 8.46. The van der Waals surface area contributed by atoms with E-state index in [1.165, 1.54) is 21.9 Å². The molecule has 7 heteroatoms. The Hall–Kier alpha value is -0.630. The Labute approximate surface area is 118 Å². The Morgan fingerprint density at radius 2 is 2.22 bits per heavy atom. The first-order valence-corrected chi connectivity index (χ1v) is 8.21. The third-order valence-corrected chi connectivity index (χ3v) is 6.10. The monoisotopic (exact) mass is 349 g/mol. The molecule has 0 saturated carbocycles. The number of rotatable bonds is 4. The van der Waals surface area contributed by atoms with Gasteiger partial charge >= 0.3 is 0 Å². The quantitative estimate of drug-likeness (QED) is 0.851. The van der Waals surface area contributed by atoms with Crippen LogP contribution in [0.15, 0.2) is 37.6 Å². The summed E-state index contributed by atoms with van der Waals surface area (Å²) in [6.45, 7) is 2.02. The molecule has 0 unspecified atom stereocenters. The molecule has 2 aromatic rings. The lowest BCUT2D eigenvalue weighted by molar-refractivity contribution is 0.406. The van der Waals surface area contributed by atoms with E-state index in [0.29, 0.717) is 10.7 Å². The Morgan fingerprint density at radius 3 is 2.72 bits per heavy atom. The van der Waals surface area contributed by atoms with Crippen LogP contribution in [0.4, 0.5) is 0 Å². The van der Waals surface area contributed by atoms with Crippen molar-refractivity contribution in [2.45, 2.75) is 18.4 Å². The van der Waals surface area contributed by atoms with Crippen LogP contribution in [0.3, 0.4) is 0 Å². The average Bonchev–Trinajstić information content (AvgIpc) is 2.88. The molecule has 0 amide bonds. The Balaban J connectivity index is 2.28. The van der Waals surface area contributed by atoms with E-state index < -0.39 is 10.0 Å². The van der Waals surface area contributed by atoms with E-state index in [-0.39, 0.29) is 6.54 Å².